The Morgan fingerprint density at radius 1 is 1.26 bits per heavy atom. The number of aliphatic hydroxyl groups excluding tert-OH is 2. The van der Waals surface area contributed by atoms with E-state index < -0.39 is 12.2 Å². The lowest BCUT2D eigenvalue weighted by Gasteiger charge is -2.49. The Morgan fingerprint density at radius 3 is 2.87 bits per heavy atom. The van der Waals surface area contributed by atoms with Crippen molar-refractivity contribution in [2.24, 2.45) is 17.3 Å². The van der Waals surface area contributed by atoms with E-state index in [1.807, 2.05) is 6.92 Å². The molecule has 4 rings (SSSR count). The van der Waals surface area contributed by atoms with E-state index >= 15 is 0 Å². The van der Waals surface area contributed by atoms with Crippen LogP contribution in [0.25, 0.3) is 0 Å². The Kier molecular flexibility index (Phi) is 3.69. The lowest BCUT2D eigenvalue weighted by molar-refractivity contribution is -0.0505. The number of hydrogen-bond donors (Lipinski definition) is 2. The monoisotopic (exact) mass is 316 g/mol. The molecule has 2 saturated carbocycles. The van der Waals surface area contributed by atoms with Gasteiger partial charge in [0, 0.05) is 0 Å². The van der Waals surface area contributed by atoms with E-state index in [-0.39, 0.29) is 5.41 Å². The van der Waals surface area contributed by atoms with Crippen LogP contribution in [0.4, 0.5) is 0 Å². The van der Waals surface area contributed by atoms with Crippen molar-refractivity contribution in [1.82, 2.24) is 0 Å². The van der Waals surface area contributed by atoms with Gasteiger partial charge in [0.15, 0.2) is 0 Å². The zero-order chi connectivity index (χ0) is 16.2. The second kappa shape index (κ2) is 5.49. The highest BCUT2D eigenvalue weighted by Gasteiger charge is 2.57. The molecular formula is C20H28O3. The van der Waals surface area contributed by atoms with E-state index in [9.17, 15) is 10.2 Å². The summed E-state index contributed by atoms with van der Waals surface area (Å²) in [6.07, 6.45) is 4.10. The highest BCUT2D eigenvalue weighted by molar-refractivity contribution is 5.40. The molecule has 0 saturated heterocycles. The maximum absolute atomic E-state index is 10.5. The molecule has 1 aromatic rings. The largest absolute Gasteiger partial charge is 0.494 e. The molecule has 0 aliphatic heterocycles. The third-order valence-electron chi connectivity index (χ3n) is 6.98. The zero-order valence-electron chi connectivity index (χ0n) is 14.2. The van der Waals surface area contributed by atoms with Gasteiger partial charge in [-0.2, -0.15) is 0 Å². The molecule has 0 amide bonds. The first-order valence-corrected chi connectivity index (χ1v) is 9.16. The Balaban J connectivity index is 1.65. The van der Waals surface area contributed by atoms with Gasteiger partial charge < -0.3 is 14.9 Å². The van der Waals surface area contributed by atoms with Crippen molar-refractivity contribution in [3.05, 3.63) is 29.3 Å². The van der Waals surface area contributed by atoms with Crippen molar-refractivity contribution in [3.8, 4) is 5.75 Å². The molecule has 23 heavy (non-hydrogen) atoms. The predicted molar refractivity (Wildman–Crippen MR) is 89.6 cm³/mol. The fourth-order valence-electron chi connectivity index (χ4n) is 5.80. The van der Waals surface area contributed by atoms with Gasteiger partial charge in [0.05, 0.1) is 18.8 Å². The van der Waals surface area contributed by atoms with E-state index in [1.165, 1.54) is 17.5 Å². The standard InChI is InChI=1S/C20H28O3/c1-3-23-13-5-7-14-12(10-13)4-6-16-15(14)8-9-20(2)17(16)11-18(21)19(20)22/h5,7,10,15-19,21-22H,3-4,6,8-9,11H2,1-2H3. The number of hydrogen-bond acceptors (Lipinski definition) is 3. The molecule has 2 N–H and O–H groups in total. The number of ether oxygens (including phenoxy) is 1. The minimum absolute atomic E-state index is 0.0939. The molecule has 0 bridgehead atoms. The molecule has 3 aliphatic rings. The first kappa shape index (κ1) is 15.5. The van der Waals surface area contributed by atoms with Gasteiger partial charge in [-0.15, -0.1) is 0 Å². The van der Waals surface area contributed by atoms with E-state index in [0.717, 1.165) is 31.4 Å². The molecule has 0 radical (unpaired) electrons. The van der Waals surface area contributed by atoms with Gasteiger partial charge in [-0.1, -0.05) is 13.0 Å². The van der Waals surface area contributed by atoms with Crippen LogP contribution in [0.5, 0.6) is 5.75 Å². The van der Waals surface area contributed by atoms with Crippen molar-refractivity contribution in [2.75, 3.05) is 6.61 Å². The van der Waals surface area contributed by atoms with Crippen LogP contribution in [-0.2, 0) is 6.42 Å². The van der Waals surface area contributed by atoms with Crippen LogP contribution in [0.1, 0.15) is 56.6 Å². The zero-order valence-corrected chi connectivity index (χ0v) is 14.2. The summed E-state index contributed by atoms with van der Waals surface area (Å²) in [6.45, 7) is 4.93. The van der Waals surface area contributed by atoms with Crippen molar-refractivity contribution >= 4 is 0 Å². The molecule has 126 valence electrons. The molecule has 0 aromatic heterocycles. The average Bonchev–Trinajstić information content (AvgIpc) is 2.78. The highest BCUT2D eigenvalue weighted by Crippen LogP contribution is 2.60. The number of aryl methyl sites for hydroxylation is 1. The molecule has 0 spiro atoms. The molecule has 3 nitrogen and oxygen atoms in total. The minimum Gasteiger partial charge on any atom is -0.494 e. The second-order valence-electron chi connectivity index (χ2n) is 8.00. The lowest BCUT2D eigenvalue weighted by atomic mass is 9.55. The Bertz CT molecular complexity index is 599. The molecular weight excluding hydrogens is 288 g/mol. The molecule has 0 heterocycles. The van der Waals surface area contributed by atoms with Gasteiger partial charge in [0.1, 0.15) is 5.75 Å². The summed E-state index contributed by atoms with van der Waals surface area (Å²) in [5, 5.41) is 20.7. The summed E-state index contributed by atoms with van der Waals surface area (Å²) in [4.78, 5) is 0. The number of rotatable bonds is 2. The maximum Gasteiger partial charge on any atom is 0.119 e. The molecule has 6 atom stereocenters. The Morgan fingerprint density at radius 2 is 2.09 bits per heavy atom. The third-order valence-corrected chi connectivity index (χ3v) is 6.98. The Labute approximate surface area is 138 Å². The van der Waals surface area contributed by atoms with Crippen molar-refractivity contribution in [3.63, 3.8) is 0 Å². The van der Waals surface area contributed by atoms with Gasteiger partial charge >= 0.3 is 0 Å². The molecule has 3 aliphatic carbocycles. The van der Waals surface area contributed by atoms with Crippen LogP contribution in [0.15, 0.2) is 18.2 Å². The van der Waals surface area contributed by atoms with E-state index in [2.05, 4.69) is 25.1 Å². The fraction of sp³-hybridized carbons (Fsp3) is 0.700. The van der Waals surface area contributed by atoms with Gasteiger partial charge in [-0.05, 0) is 85.5 Å². The molecule has 2 fully saturated rings. The van der Waals surface area contributed by atoms with Gasteiger partial charge in [-0.3, -0.25) is 0 Å². The van der Waals surface area contributed by atoms with Crippen molar-refractivity contribution in [2.45, 2.75) is 64.1 Å². The number of fused-ring (bicyclic) bond motifs is 5. The fourth-order valence-corrected chi connectivity index (χ4v) is 5.80. The van der Waals surface area contributed by atoms with Gasteiger partial charge in [0.2, 0.25) is 0 Å². The highest BCUT2D eigenvalue weighted by atomic mass is 16.5. The van der Waals surface area contributed by atoms with Crippen LogP contribution in [0.3, 0.4) is 0 Å². The number of benzene rings is 1. The minimum atomic E-state index is -0.546. The lowest BCUT2D eigenvalue weighted by Crippen LogP contribution is -2.44. The predicted octanol–water partition coefficient (Wildman–Crippen LogP) is 3.27. The van der Waals surface area contributed by atoms with Crippen LogP contribution < -0.4 is 4.74 Å². The van der Waals surface area contributed by atoms with Crippen LogP contribution >= 0.6 is 0 Å². The summed E-state index contributed by atoms with van der Waals surface area (Å²) in [6, 6.07) is 6.60. The van der Waals surface area contributed by atoms with Crippen LogP contribution in [-0.4, -0.2) is 29.0 Å². The van der Waals surface area contributed by atoms with Crippen molar-refractivity contribution in [1.29, 1.82) is 0 Å². The topological polar surface area (TPSA) is 49.7 Å². The Hall–Kier alpha value is -1.06. The van der Waals surface area contributed by atoms with Gasteiger partial charge in [0.25, 0.3) is 0 Å². The molecule has 6 unspecified atom stereocenters. The average molecular weight is 316 g/mol. The summed E-state index contributed by atoms with van der Waals surface area (Å²) in [7, 11) is 0. The summed E-state index contributed by atoms with van der Waals surface area (Å²) >= 11 is 0. The molecule has 1 aromatic carbocycles. The van der Waals surface area contributed by atoms with Crippen molar-refractivity contribution < 1.29 is 14.9 Å². The third kappa shape index (κ3) is 2.24. The van der Waals surface area contributed by atoms with E-state index in [1.54, 1.807) is 0 Å². The first-order chi connectivity index (χ1) is 11.0. The SMILES string of the molecule is CCOc1ccc2c(c1)CCC1C2CCC2(C)C(O)C(O)CC12. The summed E-state index contributed by atoms with van der Waals surface area (Å²) < 4.78 is 5.66. The normalized spacial score (nSPS) is 41.8. The molecule has 3 heteroatoms. The summed E-state index contributed by atoms with van der Waals surface area (Å²) in [5.74, 6) is 2.62. The van der Waals surface area contributed by atoms with Crippen LogP contribution in [0.2, 0.25) is 0 Å². The summed E-state index contributed by atoms with van der Waals surface area (Å²) in [5.41, 5.74) is 2.84. The van der Waals surface area contributed by atoms with E-state index in [4.69, 9.17) is 4.74 Å². The quantitative estimate of drug-likeness (QED) is 0.880. The van der Waals surface area contributed by atoms with E-state index in [0.29, 0.717) is 24.4 Å². The first-order valence-electron chi connectivity index (χ1n) is 9.16. The second-order valence-corrected chi connectivity index (χ2v) is 8.00. The smallest absolute Gasteiger partial charge is 0.119 e. The van der Waals surface area contributed by atoms with Crippen LogP contribution in [0, 0.1) is 17.3 Å². The van der Waals surface area contributed by atoms with Gasteiger partial charge in [-0.25, -0.2) is 0 Å². The maximum atomic E-state index is 10.5. The number of aliphatic hydroxyl groups is 2.